The van der Waals surface area contributed by atoms with Crippen LogP contribution in [0.3, 0.4) is 0 Å². The SMILES string of the molecule is Cc1ccccc1-c1cc2c(-c3nc(N4CCC(O)C4)c4c(C5CC5)cncc4n3)ccnc2[nH]1. The van der Waals surface area contributed by atoms with E-state index in [4.69, 9.17) is 9.97 Å². The molecule has 1 aliphatic carbocycles. The van der Waals surface area contributed by atoms with Crippen LogP contribution in [-0.4, -0.2) is 49.2 Å². The van der Waals surface area contributed by atoms with Gasteiger partial charge in [-0.05, 0) is 55.4 Å². The second-order valence-electron chi connectivity index (χ2n) is 9.78. The molecule has 0 radical (unpaired) electrons. The third kappa shape index (κ3) is 3.46. The molecule has 7 heteroatoms. The average molecular weight is 463 g/mol. The smallest absolute Gasteiger partial charge is 0.163 e. The lowest BCUT2D eigenvalue weighted by Crippen LogP contribution is -2.23. The molecule has 0 bridgehead atoms. The molecule has 7 nitrogen and oxygen atoms in total. The Morgan fingerprint density at radius 1 is 1.03 bits per heavy atom. The largest absolute Gasteiger partial charge is 0.391 e. The molecule has 1 aliphatic heterocycles. The number of aryl methyl sites for hydroxylation is 1. The Hall–Kier alpha value is -3.84. The topological polar surface area (TPSA) is 90.8 Å². The Bertz CT molecular complexity index is 1590. The number of fused-ring (bicyclic) bond motifs is 2. The van der Waals surface area contributed by atoms with Crippen LogP contribution in [0.2, 0.25) is 0 Å². The highest BCUT2D eigenvalue weighted by Crippen LogP contribution is 2.45. The number of hydrogen-bond acceptors (Lipinski definition) is 6. The molecule has 35 heavy (non-hydrogen) atoms. The fraction of sp³-hybridized carbons (Fsp3) is 0.286. The third-order valence-corrected chi connectivity index (χ3v) is 7.31. The normalized spacial score (nSPS) is 18.1. The molecule has 1 aromatic carbocycles. The average Bonchev–Trinajstić information content (AvgIpc) is 3.48. The summed E-state index contributed by atoms with van der Waals surface area (Å²) in [7, 11) is 0. The number of aromatic nitrogens is 5. The van der Waals surface area contributed by atoms with Crippen LogP contribution in [0.1, 0.15) is 36.3 Å². The van der Waals surface area contributed by atoms with Crippen molar-refractivity contribution in [2.45, 2.75) is 38.2 Å². The first-order valence-corrected chi connectivity index (χ1v) is 12.3. The molecule has 4 aromatic heterocycles. The molecule has 5 heterocycles. The number of nitrogens with zero attached hydrogens (tertiary/aromatic N) is 5. The van der Waals surface area contributed by atoms with E-state index in [9.17, 15) is 5.11 Å². The van der Waals surface area contributed by atoms with Gasteiger partial charge in [0, 0.05) is 53.1 Å². The molecule has 7 rings (SSSR count). The second kappa shape index (κ2) is 7.85. The first kappa shape index (κ1) is 20.5. The van der Waals surface area contributed by atoms with Crippen molar-refractivity contribution in [3.8, 4) is 22.6 Å². The van der Waals surface area contributed by atoms with Crippen LogP contribution in [0, 0.1) is 6.92 Å². The van der Waals surface area contributed by atoms with Gasteiger partial charge in [-0.15, -0.1) is 0 Å². The summed E-state index contributed by atoms with van der Waals surface area (Å²) in [5.41, 5.74) is 7.22. The minimum atomic E-state index is -0.330. The predicted octanol–water partition coefficient (Wildman–Crippen LogP) is 4.99. The van der Waals surface area contributed by atoms with Crippen LogP contribution in [0.15, 0.2) is 55.0 Å². The highest BCUT2D eigenvalue weighted by Gasteiger charge is 2.31. The van der Waals surface area contributed by atoms with E-state index in [0.717, 1.165) is 57.5 Å². The number of H-pyrrole nitrogens is 1. The van der Waals surface area contributed by atoms with Crippen LogP contribution >= 0.6 is 0 Å². The molecule has 1 atom stereocenters. The van der Waals surface area contributed by atoms with Crippen LogP contribution in [0.25, 0.3) is 44.6 Å². The number of pyridine rings is 2. The predicted molar refractivity (Wildman–Crippen MR) is 137 cm³/mol. The van der Waals surface area contributed by atoms with E-state index >= 15 is 0 Å². The molecule has 0 amide bonds. The Morgan fingerprint density at radius 3 is 2.71 bits per heavy atom. The monoisotopic (exact) mass is 462 g/mol. The van der Waals surface area contributed by atoms with Crippen LogP contribution in [0.5, 0.6) is 0 Å². The van der Waals surface area contributed by atoms with Crippen molar-refractivity contribution in [3.05, 3.63) is 66.1 Å². The fourth-order valence-corrected chi connectivity index (χ4v) is 5.32. The van der Waals surface area contributed by atoms with Crippen LogP contribution < -0.4 is 4.90 Å². The summed E-state index contributed by atoms with van der Waals surface area (Å²) in [6, 6.07) is 12.5. The minimum absolute atomic E-state index is 0.330. The number of aliphatic hydroxyl groups is 1. The van der Waals surface area contributed by atoms with E-state index < -0.39 is 0 Å². The number of rotatable bonds is 4. The maximum absolute atomic E-state index is 10.3. The maximum atomic E-state index is 10.3. The van der Waals surface area contributed by atoms with Gasteiger partial charge in [0.2, 0.25) is 0 Å². The van der Waals surface area contributed by atoms with E-state index in [1.807, 2.05) is 24.7 Å². The van der Waals surface area contributed by atoms with Gasteiger partial charge in [-0.3, -0.25) is 4.98 Å². The van der Waals surface area contributed by atoms with Gasteiger partial charge in [-0.25, -0.2) is 15.0 Å². The summed E-state index contributed by atoms with van der Waals surface area (Å²) in [6.07, 6.45) is 8.41. The van der Waals surface area contributed by atoms with Crippen molar-refractivity contribution in [2.24, 2.45) is 0 Å². The standard InChI is InChI=1S/C28H26N6O/c1-16-4-2-3-5-19(16)23-12-21-20(8-10-30-26(21)31-23)27-32-24-14-29-13-22(17-6-7-17)25(24)28(33-27)34-11-9-18(35)15-34/h2-5,8,10,12-14,17-18,35H,6-7,9,11,15H2,1H3,(H,30,31). The molecule has 1 unspecified atom stereocenters. The summed E-state index contributed by atoms with van der Waals surface area (Å²) >= 11 is 0. The Morgan fingerprint density at radius 2 is 1.91 bits per heavy atom. The van der Waals surface area contributed by atoms with E-state index in [2.05, 4.69) is 57.1 Å². The molecule has 2 aliphatic rings. The first-order valence-electron chi connectivity index (χ1n) is 12.3. The molecular weight excluding hydrogens is 436 g/mol. The number of benzene rings is 1. The van der Waals surface area contributed by atoms with E-state index in [0.29, 0.717) is 18.3 Å². The van der Waals surface area contributed by atoms with Gasteiger partial charge in [-0.1, -0.05) is 24.3 Å². The van der Waals surface area contributed by atoms with Gasteiger partial charge >= 0.3 is 0 Å². The van der Waals surface area contributed by atoms with Crippen molar-refractivity contribution in [1.29, 1.82) is 0 Å². The zero-order chi connectivity index (χ0) is 23.5. The summed E-state index contributed by atoms with van der Waals surface area (Å²) in [6.45, 7) is 3.49. The highest BCUT2D eigenvalue weighted by molar-refractivity contribution is 5.98. The molecule has 1 saturated heterocycles. The zero-order valence-corrected chi connectivity index (χ0v) is 19.6. The maximum Gasteiger partial charge on any atom is 0.163 e. The number of β-amino-alcohol motifs (C(OH)–C–C–N with tert-alkyl or cyclic N) is 1. The van der Waals surface area contributed by atoms with E-state index in [1.165, 1.54) is 24.0 Å². The Balaban J connectivity index is 1.44. The molecule has 1 saturated carbocycles. The number of aliphatic hydroxyl groups excluding tert-OH is 1. The quantitative estimate of drug-likeness (QED) is 0.391. The molecular formula is C28H26N6O. The molecule has 2 fully saturated rings. The fourth-order valence-electron chi connectivity index (χ4n) is 5.32. The highest BCUT2D eigenvalue weighted by atomic mass is 16.3. The number of nitrogens with one attached hydrogen (secondary N) is 1. The van der Waals surface area contributed by atoms with Gasteiger partial charge < -0.3 is 15.0 Å². The summed E-state index contributed by atoms with van der Waals surface area (Å²) in [5.74, 6) is 2.10. The zero-order valence-electron chi connectivity index (χ0n) is 19.6. The van der Waals surface area contributed by atoms with Crippen LogP contribution in [-0.2, 0) is 0 Å². The van der Waals surface area contributed by atoms with E-state index in [1.54, 1.807) is 0 Å². The lowest BCUT2D eigenvalue weighted by Gasteiger charge is -2.21. The summed E-state index contributed by atoms with van der Waals surface area (Å²) in [5, 5.41) is 12.3. The summed E-state index contributed by atoms with van der Waals surface area (Å²) < 4.78 is 0. The van der Waals surface area contributed by atoms with Gasteiger partial charge in [0.25, 0.3) is 0 Å². The minimum Gasteiger partial charge on any atom is -0.391 e. The van der Waals surface area contributed by atoms with Crippen molar-refractivity contribution >= 4 is 27.8 Å². The number of aromatic amines is 1. The van der Waals surface area contributed by atoms with Gasteiger partial charge in [0.05, 0.1) is 17.8 Å². The van der Waals surface area contributed by atoms with Crippen molar-refractivity contribution < 1.29 is 5.11 Å². The van der Waals surface area contributed by atoms with E-state index in [-0.39, 0.29) is 6.10 Å². The molecule has 0 spiro atoms. The number of anilines is 1. The molecule has 5 aromatic rings. The lowest BCUT2D eigenvalue weighted by molar-refractivity contribution is 0.198. The van der Waals surface area contributed by atoms with Gasteiger partial charge in [0.1, 0.15) is 11.5 Å². The Kier molecular flexibility index (Phi) is 4.60. The Labute approximate surface area is 202 Å². The first-order chi connectivity index (χ1) is 17.2. The van der Waals surface area contributed by atoms with Gasteiger partial charge in [0.15, 0.2) is 5.82 Å². The lowest BCUT2D eigenvalue weighted by atomic mass is 10.0. The van der Waals surface area contributed by atoms with Gasteiger partial charge in [-0.2, -0.15) is 0 Å². The third-order valence-electron chi connectivity index (χ3n) is 7.31. The number of hydrogen-bond donors (Lipinski definition) is 2. The summed E-state index contributed by atoms with van der Waals surface area (Å²) in [4.78, 5) is 25.0. The second-order valence-corrected chi connectivity index (χ2v) is 9.78. The van der Waals surface area contributed by atoms with Crippen molar-refractivity contribution in [1.82, 2.24) is 24.9 Å². The van der Waals surface area contributed by atoms with Crippen molar-refractivity contribution in [3.63, 3.8) is 0 Å². The molecule has 174 valence electrons. The van der Waals surface area contributed by atoms with Crippen molar-refractivity contribution in [2.75, 3.05) is 18.0 Å². The van der Waals surface area contributed by atoms with Crippen LogP contribution in [0.4, 0.5) is 5.82 Å². The molecule has 2 N–H and O–H groups in total.